The van der Waals surface area contributed by atoms with Crippen LogP contribution in [-0.4, -0.2) is 67.0 Å². The molecule has 1 aliphatic heterocycles. The molecule has 30 heavy (non-hydrogen) atoms. The van der Waals surface area contributed by atoms with Crippen LogP contribution in [0.1, 0.15) is 13.8 Å². The molecule has 3 rings (SSSR count). The quantitative estimate of drug-likeness (QED) is 0.548. The van der Waals surface area contributed by atoms with E-state index < -0.39 is 10.0 Å². The average Bonchev–Trinajstić information content (AvgIpc) is 3.13. The van der Waals surface area contributed by atoms with Crippen molar-refractivity contribution in [2.45, 2.75) is 29.2 Å². The highest BCUT2D eigenvalue weighted by Gasteiger charge is 2.27. The molecule has 1 aromatic carbocycles. The molecule has 0 aliphatic carbocycles. The minimum atomic E-state index is -3.71. The number of hydrogen-bond acceptors (Lipinski definition) is 10. The van der Waals surface area contributed by atoms with E-state index in [2.05, 4.69) is 15.5 Å². The number of carbonyl (C=O) groups is 1. The molecule has 1 fully saturated rings. The maximum Gasteiger partial charge on any atom is 0.243 e. The van der Waals surface area contributed by atoms with Gasteiger partial charge in [0.15, 0.2) is 4.34 Å². The zero-order chi connectivity index (χ0) is 21.7. The van der Waals surface area contributed by atoms with E-state index in [0.717, 1.165) is 0 Å². The Kier molecular flexibility index (Phi) is 7.52. The normalized spacial score (nSPS) is 15.3. The largest absolute Gasteiger partial charge is 0.489 e. The predicted octanol–water partition coefficient (Wildman–Crippen LogP) is 1.66. The topological polar surface area (TPSA) is 137 Å². The third-order valence-corrected chi connectivity index (χ3v) is 7.72. The second-order valence-corrected chi connectivity index (χ2v) is 10.8. The second-order valence-electron chi connectivity index (χ2n) is 6.58. The first-order chi connectivity index (χ1) is 14.3. The van der Waals surface area contributed by atoms with Crippen molar-refractivity contribution in [3.63, 3.8) is 0 Å². The molecule has 0 saturated carbocycles. The van der Waals surface area contributed by atoms with E-state index in [9.17, 15) is 13.2 Å². The summed E-state index contributed by atoms with van der Waals surface area (Å²) in [5.74, 6) is 0.128. The molecule has 0 atom stereocenters. The van der Waals surface area contributed by atoms with Gasteiger partial charge < -0.3 is 20.5 Å². The number of carbonyl (C=O) groups excluding carboxylic acids is 1. The molecule has 1 aliphatic rings. The van der Waals surface area contributed by atoms with Gasteiger partial charge in [0.2, 0.25) is 21.1 Å². The number of thioether (sulfide) groups is 1. The van der Waals surface area contributed by atoms with Crippen molar-refractivity contribution in [2.75, 3.05) is 43.1 Å². The summed E-state index contributed by atoms with van der Waals surface area (Å²) in [6.45, 7) is 4.97. The monoisotopic (exact) mass is 473 g/mol. The van der Waals surface area contributed by atoms with Gasteiger partial charge in [-0.1, -0.05) is 23.1 Å². The van der Waals surface area contributed by atoms with Crippen molar-refractivity contribution in [2.24, 2.45) is 0 Å². The number of ether oxygens (including phenoxy) is 2. The molecule has 10 nitrogen and oxygen atoms in total. The standard InChI is InChI=1S/C17H23N5O5S3/c1-11(2)27-14-4-3-12(30(24,25)22-5-7-26-8-6-22)9-13(14)19-15(23)10-28-17-21-20-16(18)29-17/h3-4,9,11H,5-8,10H2,1-2H3,(H2,18,20)(H,19,23). The number of amides is 1. The van der Waals surface area contributed by atoms with Crippen molar-refractivity contribution >= 4 is 49.8 Å². The molecule has 164 valence electrons. The van der Waals surface area contributed by atoms with Gasteiger partial charge in [-0.3, -0.25) is 4.79 Å². The van der Waals surface area contributed by atoms with Crippen LogP contribution in [0.15, 0.2) is 27.4 Å². The molecule has 0 radical (unpaired) electrons. The van der Waals surface area contributed by atoms with E-state index in [4.69, 9.17) is 15.2 Å². The van der Waals surface area contributed by atoms with Crippen LogP contribution in [0.5, 0.6) is 5.75 Å². The van der Waals surface area contributed by atoms with Crippen molar-refractivity contribution in [1.29, 1.82) is 0 Å². The highest BCUT2D eigenvalue weighted by atomic mass is 32.2. The highest BCUT2D eigenvalue weighted by molar-refractivity contribution is 8.01. The molecule has 3 N–H and O–H groups in total. The fraction of sp³-hybridized carbons (Fsp3) is 0.471. The van der Waals surface area contributed by atoms with Crippen LogP contribution in [0.25, 0.3) is 0 Å². The van der Waals surface area contributed by atoms with Crippen molar-refractivity contribution in [3.05, 3.63) is 18.2 Å². The van der Waals surface area contributed by atoms with Crippen molar-refractivity contribution < 1.29 is 22.7 Å². The first-order valence-corrected chi connectivity index (χ1v) is 12.4. The number of morpholine rings is 1. The number of aromatic nitrogens is 2. The van der Waals surface area contributed by atoms with Crippen LogP contribution in [-0.2, 0) is 19.6 Å². The van der Waals surface area contributed by atoms with Gasteiger partial charge in [-0.15, -0.1) is 10.2 Å². The van der Waals surface area contributed by atoms with Crippen LogP contribution < -0.4 is 15.8 Å². The lowest BCUT2D eigenvalue weighted by Crippen LogP contribution is -2.40. The Labute approximate surface area is 183 Å². The lowest BCUT2D eigenvalue weighted by Gasteiger charge is -2.26. The van der Waals surface area contributed by atoms with Crippen LogP contribution in [0.2, 0.25) is 0 Å². The first-order valence-electron chi connectivity index (χ1n) is 9.16. The van der Waals surface area contributed by atoms with Gasteiger partial charge in [-0.05, 0) is 32.0 Å². The molecule has 1 aromatic heterocycles. The summed E-state index contributed by atoms with van der Waals surface area (Å²) in [5, 5.41) is 10.6. The van der Waals surface area contributed by atoms with Gasteiger partial charge >= 0.3 is 0 Å². The number of anilines is 2. The molecule has 1 saturated heterocycles. The van der Waals surface area contributed by atoms with Crippen molar-refractivity contribution in [1.82, 2.24) is 14.5 Å². The number of rotatable bonds is 8. The number of hydrogen-bond donors (Lipinski definition) is 2. The fourth-order valence-electron chi connectivity index (χ4n) is 2.65. The highest BCUT2D eigenvalue weighted by Crippen LogP contribution is 2.31. The van der Waals surface area contributed by atoms with Gasteiger partial charge in [0.05, 0.1) is 35.7 Å². The minimum Gasteiger partial charge on any atom is -0.489 e. The Hall–Kier alpha value is -1.93. The summed E-state index contributed by atoms with van der Waals surface area (Å²) in [6, 6.07) is 4.46. The van der Waals surface area contributed by atoms with Crippen LogP contribution in [0.4, 0.5) is 10.8 Å². The summed E-state index contributed by atoms with van der Waals surface area (Å²) in [7, 11) is -3.71. The third kappa shape index (κ3) is 5.82. The smallest absolute Gasteiger partial charge is 0.243 e. The van der Waals surface area contributed by atoms with E-state index >= 15 is 0 Å². The summed E-state index contributed by atoms with van der Waals surface area (Å²) in [6.07, 6.45) is -0.152. The Balaban J connectivity index is 1.79. The first kappa shape index (κ1) is 22.7. The number of nitrogen functional groups attached to an aromatic ring is 1. The van der Waals surface area contributed by atoms with Gasteiger partial charge in [0.25, 0.3) is 0 Å². The van der Waals surface area contributed by atoms with Gasteiger partial charge in [-0.2, -0.15) is 4.31 Å². The molecule has 0 unspecified atom stereocenters. The molecule has 0 spiro atoms. The predicted molar refractivity (Wildman–Crippen MR) is 115 cm³/mol. The second kappa shape index (κ2) is 9.92. The Morgan fingerprint density at radius 1 is 1.37 bits per heavy atom. The number of benzene rings is 1. The summed E-state index contributed by atoms with van der Waals surface area (Å²) in [4.78, 5) is 12.5. The lowest BCUT2D eigenvalue weighted by molar-refractivity contribution is -0.113. The van der Waals surface area contributed by atoms with E-state index in [1.54, 1.807) is 6.07 Å². The van der Waals surface area contributed by atoms with Crippen LogP contribution in [0, 0.1) is 0 Å². The summed E-state index contributed by atoms with van der Waals surface area (Å²) < 4.78 is 38.8. The Morgan fingerprint density at radius 2 is 2.10 bits per heavy atom. The van der Waals surface area contributed by atoms with E-state index in [1.807, 2.05) is 13.8 Å². The summed E-state index contributed by atoms with van der Waals surface area (Å²) >= 11 is 2.38. The number of nitrogens with zero attached hydrogens (tertiary/aromatic N) is 3. The fourth-order valence-corrected chi connectivity index (χ4v) is 5.52. The summed E-state index contributed by atoms with van der Waals surface area (Å²) in [5.41, 5.74) is 5.83. The SMILES string of the molecule is CC(C)Oc1ccc(S(=O)(=O)N2CCOCC2)cc1NC(=O)CSc1nnc(N)s1. The minimum absolute atomic E-state index is 0.0657. The third-order valence-electron chi connectivity index (χ3n) is 3.94. The van der Waals surface area contributed by atoms with E-state index in [-0.39, 0.29) is 35.7 Å². The molecular weight excluding hydrogens is 450 g/mol. The number of nitrogens with one attached hydrogen (secondary N) is 1. The average molecular weight is 474 g/mol. The number of sulfonamides is 1. The lowest BCUT2D eigenvalue weighted by atomic mass is 10.3. The molecule has 2 aromatic rings. The van der Waals surface area contributed by atoms with Gasteiger partial charge in [0, 0.05) is 13.1 Å². The van der Waals surface area contributed by atoms with Crippen LogP contribution in [0.3, 0.4) is 0 Å². The van der Waals surface area contributed by atoms with Crippen molar-refractivity contribution in [3.8, 4) is 5.75 Å². The molecule has 0 bridgehead atoms. The maximum atomic E-state index is 13.0. The maximum absolute atomic E-state index is 13.0. The van der Waals surface area contributed by atoms with Gasteiger partial charge in [-0.25, -0.2) is 8.42 Å². The molecule has 2 heterocycles. The van der Waals surface area contributed by atoms with E-state index in [1.165, 1.54) is 39.5 Å². The van der Waals surface area contributed by atoms with Gasteiger partial charge in [0.1, 0.15) is 5.75 Å². The Morgan fingerprint density at radius 3 is 2.73 bits per heavy atom. The zero-order valence-corrected chi connectivity index (χ0v) is 19.0. The molecule has 1 amide bonds. The van der Waals surface area contributed by atoms with E-state index in [0.29, 0.717) is 34.1 Å². The Bertz CT molecular complexity index is 989. The molecular formula is C17H23N5O5S3. The molecule has 13 heteroatoms. The van der Waals surface area contributed by atoms with Crippen LogP contribution >= 0.6 is 23.1 Å². The number of nitrogens with two attached hydrogens (primary N) is 1. The zero-order valence-electron chi connectivity index (χ0n) is 16.5.